The summed E-state index contributed by atoms with van der Waals surface area (Å²) in [6, 6.07) is 7.40. The molecule has 0 unspecified atom stereocenters. The summed E-state index contributed by atoms with van der Waals surface area (Å²) in [5.41, 5.74) is 3.18. The highest BCUT2D eigenvalue weighted by atomic mass is 35.5. The molecule has 0 atom stereocenters. The van der Waals surface area contributed by atoms with Crippen LogP contribution in [0.1, 0.15) is 40.4 Å². The van der Waals surface area contributed by atoms with Crippen molar-refractivity contribution in [2.24, 2.45) is 0 Å². The van der Waals surface area contributed by atoms with Gasteiger partial charge in [-0.15, -0.1) is 11.6 Å². The van der Waals surface area contributed by atoms with Crippen LogP contribution in [0.3, 0.4) is 0 Å². The number of rotatable bonds is 5. The van der Waals surface area contributed by atoms with Crippen LogP contribution in [0.15, 0.2) is 30.5 Å². The second-order valence-corrected chi connectivity index (χ2v) is 7.83. The van der Waals surface area contributed by atoms with Crippen molar-refractivity contribution < 1.29 is 14.3 Å². The van der Waals surface area contributed by atoms with E-state index in [1.54, 1.807) is 25.4 Å². The molecule has 0 aliphatic carbocycles. The summed E-state index contributed by atoms with van der Waals surface area (Å²) in [5.74, 6) is 1.15. The van der Waals surface area contributed by atoms with Gasteiger partial charge in [0.15, 0.2) is 5.13 Å². The molecule has 6 nitrogen and oxygen atoms in total. The molecule has 1 aliphatic rings. The number of amides is 1. The quantitative estimate of drug-likeness (QED) is 0.615. The number of carbonyl (C=O) groups is 1. The molecule has 0 spiro atoms. The topological polar surface area (TPSA) is 73.3 Å². The molecule has 146 valence electrons. The summed E-state index contributed by atoms with van der Waals surface area (Å²) in [5, 5.41) is 3.44. The lowest BCUT2D eigenvalue weighted by Gasteiger charge is -2.23. The van der Waals surface area contributed by atoms with Crippen molar-refractivity contribution >= 4 is 44.2 Å². The fourth-order valence-corrected chi connectivity index (χ4v) is 4.63. The van der Waals surface area contributed by atoms with Gasteiger partial charge in [0, 0.05) is 25.0 Å². The minimum Gasteiger partial charge on any atom is -0.494 e. The van der Waals surface area contributed by atoms with E-state index < -0.39 is 0 Å². The summed E-state index contributed by atoms with van der Waals surface area (Å²) in [7, 11) is 1.63. The number of alkyl halides is 1. The smallest absolute Gasteiger partial charge is 0.257 e. The van der Waals surface area contributed by atoms with Crippen LogP contribution < -0.4 is 10.1 Å². The van der Waals surface area contributed by atoms with E-state index in [0.717, 1.165) is 36.3 Å². The van der Waals surface area contributed by atoms with Crippen LogP contribution in [0.25, 0.3) is 10.2 Å². The molecular weight excluding hydrogens is 398 g/mol. The number of ether oxygens (including phenoxy) is 2. The van der Waals surface area contributed by atoms with Gasteiger partial charge in [-0.25, -0.2) is 4.98 Å². The number of thiazole rings is 1. The van der Waals surface area contributed by atoms with Gasteiger partial charge >= 0.3 is 0 Å². The zero-order valence-electron chi connectivity index (χ0n) is 15.4. The Balaban J connectivity index is 1.66. The fourth-order valence-electron chi connectivity index (χ4n) is 3.41. The van der Waals surface area contributed by atoms with Gasteiger partial charge in [-0.3, -0.25) is 15.1 Å². The number of benzene rings is 1. The third kappa shape index (κ3) is 3.83. The van der Waals surface area contributed by atoms with Crippen LogP contribution in [0.2, 0.25) is 0 Å². The second-order valence-electron chi connectivity index (χ2n) is 6.56. The van der Waals surface area contributed by atoms with Crippen LogP contribution in [-0.2, 0) is 10.6 Å². The number of halogens is 1. The number of anilines is 1. The van der Waals surface area contributed by atoms with E-state index in [-0.39, 0.29) is 11.8 Å². The Morgan fingerprint density at radius 2 is 2.18 bits per heavy atom. The monoisotopic (exact) mass is 417 g/mol. The molecule has 1 aliphatic heterocycles. The predicted octanol–water partition coefficient (Wildman–Crippen LogP) is 4.59. The minimum atomic E-state index is -0.237. The number of nitrogens with zero attached hydrogens (tertiary/aromatic N) is 2. The zero-order valence-corrected chi connectivity index (χ0v) is 17.0. The molecule has 1 amide bonds. The Bertz CT molecular complexity index is 1000. The second kappa shape index (κ2) is 8.43. The van der Waals surface area contributed by atoms with E-state index in [4.69, 9.17) is 21.1 Å². The Hall–Kier alpha value is -2.22. The molecule has 1 saturated heterocycles. The first-order chi connectivity index (χ1) is 13.7. The molecule has 1 fully saturated rings. The lowest BCUT2D eigenvalue weighted by atomic mass is 9.91. The van der Waals surface area contributed by atoms with Crippen molar-refractivity contribution in [3.05, 3.63) is 47.3 Å². The summed E-state index contributed by atoms with van der Waals surface area (Å²) >= 11 is 7.29. The maximum absolute atomic E-state index is 12.6. The van der Waals surface area contributed by atoms with Crippen molar-refractivity contribution in [1.82, 2.24) is 9.97 Å². The SMILES string of the molecule is COc1ccc(C2CCOCC2)c2sc(NC(=O)c3ccnc(CCl)c3)nc12. The number of nitrogens with one attached hydrogen (secondary N) is 1. The van der Waals surface area contributed by atoms with E-state index in [2.05, 4.69) is 21.4 Å². The van der Waals surface area contributed by atoms with E-state index >= 15 is 0 Å². The highest BCUT2D eigenvalue weighted by Crippen LogP contribution is 2.40. The standard InChI is InChI=1S/C20H20ClN3O3S/c1-26-16-3-2-15(12-5-8-27-9-6-12)18-17(16)23-20(28-18)24-19(25)13-4-7-22-14(10-13)11-21/h2-4,7,10,12H,5-6,8-9,11H2,1H3,(H,23,24,25). The first-order valence-corrected chi connectivity index (χ1v) is 10.4. The van der Waals surface area contributed by atoms with Gasteiger partial charge < -0.3 is 9.47 Å². The number of methoxy groups -OCH3 is 1. The number of hydrogen-bond acceptors (Lipinski definition) is 6. The lowest BCUT2D eigenvalue weighted by molar-refractivity contribution is 0.0856. The van der Waals surface area contributed by atoms with E-state index in [1.165, 1.54) is 16.9 Å². The Labute approximate surface area is 171 Å². The van der Waals surface area contributed by atoms with Crippen LogP contribution in [0.5, 0.6) is 5.75 Å². The highest BCUT2D eigenvalue weighted by molar-refractivity contribution is 7.22. The van der Waals surface area contributed by atoms with Gasteiger partial charge in [-0.1, -0.05) is 17.4 Å². The van der Waals surface area contributed by atoms with Gasteiger partial charge in [0.1, 0.15) is 11.3 Å². The molecule has 3 aromatic rings. The van der Waals surface area contributed by atoms with Crippen LogP contribution >= 0.6 is 22.9 Å². The molecule has 1 aromatic carbocycles. The average molecular weight is 418 g/mol. The molecule has 1 N–H and O–H groups in total. The number of fused-ring (bicyclic) bond motifs is 1. The van der Waals surface area contributed by atoms with E-state index in [9.17, 15) is 4.79 Å². The summed E-state index contributed by atoms with van der Waals surface area (Å²) in [4.78, 5) is 21.4. The van der Waals surface area contributed by atoms with Gasteiger partial charge in [0.25, 0.3) is 5.91 Å². The number of carbonyl (C=O) groups excluding carboxylic acids is 1. The van der Waals surface area contributed by atoms with Crippen LogP contribution in [0.4, 0.5) is 5.13 Å². The molecule has 0 bridgehead atoms. The van der Waals surface area contributed by atoms with Crippen LogP contribution in [-0.4, -0.2) is 36.2 Å². The Morgan fingerprint density at radius 3 is 2.93 bits per heavy atom. The Kier molecular flexibility index (Phi) is 5.75. The molecule has 2 aromatic heterocycles. The predicted molar refractivity (Wildman–Crippen MR) is 111 cm³/mol. The summed E-state index contributed by atoms with van der Waals surface area (Å²) in [6.45, 7) is 1.54. The van der Waals surface area contributed by atoms with Gasteiger partial charge in [-0.05, 0) is 42.5 Å². The summed E-state index contributed by atoms with van der Waals surface area (Å²) in [6.07, 6.45) is 3.55. The van der Waals surface area contributed by atoms with Gasteiger partial charge in [-0.2, -0.15) is 0 Å². The zero-order chi connectivity index (χ0) is 19.5. The van der Waals surface area contributed by atoms with E-state index in [1.807, 2.05) is 6.07 Å². The van der Waals surface area contributed by atoms with Crippen molar-refractivity contribution in [2.45, 2.75) is 24.6 Å². The van der Waals surface area contributed by atoms with Crippen molar-refractivity contribution in [2.75, 3.05) is 25.6 Å². The molecule has 28 heavy (non-hydrogen) atoms. The number of pyridine rings is 1. The maximum Gasteiger partial charge on any atom is 0.257 e. The molecule has 3 heterocycles. The van der Waals surface area contributed by atoms with Crippen molar-refractivity contribution in [3.63, 3.8) is 0 Å². The highest BCUT2D eigenvalue weighted by Gasteiger charge is 2.22. The largest absolute Gasteiger partial charge is 0.494 e. The normalized spacial score (nSPS) is 14.9. The molecule has 4 rings (SSSR count). The fraction of sp³-hybridized carbons (Fsp3) is 0.350. The third-order valence-electron chi connectivity index (χ3n) is 4.85. The number of hydrogen-bond donors (Lipinski definition) is 1. The van der Waals surface area contributed by atoms with E-state index in [0.29, 0.717) is 28.1 Å². The molecule has 0 saturated carbocycles. The first kappa shape index (κ1) is 19.1. The van der Waals surface area contributed by atoms with Gasteiger partial charge in [0.2, 0.25) is 0 Å². The molecule has 8 heteroatoms. The Morgan fingerprint density at radius 1 is 1.36 bits per heavy atom. The third-order valence-corrected chi connectivity index (χ3v) is 6.15. The molecular formula is C20H20ClN3O3S. The van der Waals surface area contributed by atoms with Crippen molar-refractivity contribution in [1.29, 1.82) is 0 Å². The molecule has 0 radical (unpaired) electrons. The average Bonchev–Trinajstić information content (AvgIpc) is 3.17. The van der Waals surface area contributed by atoms with Gasteiger partial charge in [0.05, 0.1) is 23.4 Å². The lowest BCUT2D eigenvalue weighted by Crippen LogP contribution is -2.14. The minimum absolute atomic E-state index is 0.237. The van der Waals surface area contributed by atoms with Crippen molar-refractivity contribution in [3.8, 4) is 5.75 Å². The number of aromatic nitrogens is 2. The first-order valence-electron chi connectivity index (χ1n) is 9.07. The maximum atomic E-state index is 12.6. The summed E-state index contributed by atoms with van der Waals surface area (Å²) < 4.78 is 12.0. The van der Waals surface area contributed by atoms with Crippen LogP contribution in [0, 0.1) is 0 Å².